The molecule has 2 heterocycles. The number of aliphatic hydroxyl groups is 1. The van der Waals surface area contributed by atoms with Crippen LogP contribution >= 0.6 is 11.6 Å². The summed E-state index contributed by atoms with van der Waals surface area (Å²) in [6.45, 7) is 7.74. The molecule has 3 aromatic carbocycles. The van der Waals surface area contributed by atoms with Crippen LogP contribution in [0.15, 0.2) is 72.8 Å². The molecule has 0 radical (unpaired) electrons. The number of unbranched alkanes of at least 4 members (excludes halogenated alkanes) is 2. The predicted octanol–water partition coefficient (Wildman–Crippen LogP) is 7.01. The van der Waals surface area contributed by atoms with Gasteiger partial charge in [0.05, 0.1) is 17.7 Å². The van der Waals surface area contributed by atoms with Crippen LogP contribution in [0.25, 0.3) is 5.69 Å². The second-order valence-electron chi connectivity index (χ2n) is 12.7. The van der Waals surface area contributed by atoms with E-state index in [4.69, 9.17) is 16.7 Å². The molecule has 0 fully saturated rings. The predicted molar refractivity (Wildman–Crippen MR) is 193 cm³/mol. The molecule has 0 bridgehead atoms. The van der Waals surface area contributed by atoms with E-state index < -0.39 is 0 Å². The largest absolute Gasteiger partial charge is 0.396 e. The summed E-state index contributed by atoms with van der Waals surface area (Å²) in [7, 11) is 0. The minimum Gasteiger partial charge on any atom is -0.396 e. The van der Waals surface area contributed by atoms with Crippen molar-refractivity contribution >= 4 is 35.0 Å². The van der Waals surface area contributed by atoms with Crippen LogP contribution in [0.5, 0.6) is 0 Å². The molecule has 0 saturated heterocycles. The number of hydrogen-bond donors (Lipinski definition) is 2. The first kappa shape index (κ1) is 35.8. The lowest BCUT2D eigenvalue weighted by molar-refractivity contribution is -0.115. The van der Waals surface area contributed by atoms with Gasteiger partial charge in [-0.15, -0.1) is 0 Å². The van der Waals surface area contributed by atoms with Gasteiger partial charge in [0.2, 0.25) is 5.91 Å². The third kappa shape index (κ3) is 8.77. The normalized spacial score (nSPS) is 14.0. The summed E-state index contributed by atoms with van der Waals surface area (Å²) >= 11 is 6.02. The molecule has 4 aromatic rings. The highest BCUT2D eigenvalue weighted by Gasteiger charge is 2.32. The zero-order valence-corrected chi connectivity index (χ0v) is 29.4. The van der Waals surface area contributed by atoms with Crippen LogP contribution in [0, 0.1) is 6.92 Å². The van der Waals surface area contributed by atoms with Gasteiger partial charge in [-0.3, -0.25) is 14.4 Å². The molecule has 9 nitrogen and oxygen atoms in total. The first-order valence-corrected chi connectivity index (χ1v) is 17.6. The number of aromatic nitrogens is 2. The van der Waals surface area contributed by atoms with E-state index in [0.717, 1.165) is 42.4 Å². The van der Waals surface area contributed by atoms with Crippen molar-refractivity contribution in [3.63, 3.8) is 0 Å². The van der Waals surface area contributed by atoms with Crippen LogP contribution in [0.1, 0.15) is 89.2 Å². The minimum absolute atomic E-state index is 0.0550. The van der Waals surface area contributed by atoms with Crippen molar-refractivity contribution in [3.05, 3.63) is 111 Å². The number of nitrogens with one attached hydrogen (secondary N) is 1. The third-order valence-corrected chi connectivity index (χ3v) is 9.30. The highest BCUT2D eigenvalue weighted by molar-refractivity contribution is 6.30. The SMILES string of the molecule is CCCCN(CCCC)C(=O)c1cc(C)n(-c2ccc(NC(=O)Cc3ccc(Cl)cc3)cc2C(=O)N2Cc3ccccc3CC2CCO)n1. The average Bonchev–Trinajstić information content (AvgIpc) is 3.49. The van der Waals surface area contributed by atoms with E-state index in [1.54, 1.807) is 58.1 Å². The number of aliphatic hydroxyl groups excluding tert-OH is 1. The van der Waals surface area contributed by atoms with E-state index in [9.17, 15) is 19.5 Å². The Morgan fingerprint density at radius 3 is 2.33 bits per heavy atom. The first-order chi connectivity index (χ1) is 23.7. The Balaban J connectivity index is 1.52. The molecule has 10 heteroatoms. The fourth-order valence-electron chi connectivity index (χ4n) is 6.35. The lowest BCUT2D eigenvalue weighted by atomic mass is 9.91. The summed E-state index contributed by atoms with van der Waals surface area (Å²) in [5.41, 5.74) is 5.38. The lowest BCUT2D eigenvalue weighted by Crippen LogP contribution is -2.45. The molecule has 49 heavy (non-hydrogen) atoms. The van der Waals surface area contributed by atoms with E-state index in [0.29, 0.717) is 65.8 Å². The molecule has 5 rings (SSSR count). The van der Waals surface area contributed by atoms with E-state index in [-0.39, 0.29) is 36.8 Å². The zero-order valence-electron chi connectivity index (χ0n) is 28.6. The van der Waals surface area contributed by atoms with Crippen LogP contribution in [0.2, 0.25) is 5.02 Å². The second-order valence-corrected chi connectivity index (χ2v) is 13.2. The minimum atomic E-state index is -0.243. The summed E-state index contributed by atoms with van der Waals surface area (Å²) in [4.78, 5) is 45.1. The number of fused-ring (bicyclic) bond motifs is 1. The van der Waals surface area contributed by atoms with Gasteiger partial charge in [-0.25, -0.2) is 4.68 Å². The number of amides is 3. The Bertz CT molecular complexity index is 1760. The molecule has 1 aromatic heterocycles. The molecule has 0 aliphatic carbocycles. The van der Waals surface area contributed by atoms with Gasteiger partial charge >= 0.3 is 0 Å². The van der Waals surface area contributed by atoms with Crippen LogP contribution in [0.4, 0.5) is 5.69 Å². The molecular weight excluding hydrogens is 638 g/mol. The molecule has 258 valence electrons. The van der Waals surface area contributed by atoms with E-state index in [1.807, 2.05) is 30.0 Å². The van der Waals surface area contributed by atoms with Crippen LogP contribution in [-0.4, -0.2) is 68.1 Å². The van der Waals surface area contributed by atoms with Gasteiger partial charge in [0.25, 0.3) is 11.8 Å². The number of halogens is 1. The number of hydrogen-bond acceptors (Lipinski definition) is 5. The van der Waals surface area contributed by atoms with Gasteiger partial charge in [-0.1, -0.05) is 74.7 Å². The summed E-state index contributed by atoms with van der Waals surface area (Å²) in [6.07, 6.45) is 4.98. The number of carbonyl (C=O) groups excluding carboxylic acids is 3. The number of benzene rings is 3. The summed E-state index contributed by atoms with van der Waals surface area (Å²) < 4.78 is 1.65. The fraction of sp³-hybridized carbons (Fsp3) is 0.385. The van der Waals surface area contributed by atoms with E-state index >= 15 is 0 Å². The molecule has 0 spiro atoms. The number of anilines is 1. The molecular formula is C39H46ClN5O4. The van der Waals surface area contributed by atoms with Gasteiger partial charge < -0.3 is 20.2 Å². The van der Waals surface area contributed by atoms with Crippen LogP contribution in [0.3, 0.4) is 0 Å². The van der Waals surface area contributed by atoms with Gasteiger partial charge in [0, 0.05) is 48.7 Å². The maximum absolute atomic E-state index is 14.6. The monoisotopic (exact) mass is 683 g/mol. The van der Waals surface area contributed by atoms with Crippen LogP contribution in [-0.2, 0) is 24.2 Å². The molecule has 1 aliphatic heterocycles. The summed E-state index contributed by atoms with van der Waals surface area (Å²) in [6, 6.07) is 21.9. The Kier molecular flexibility index (Phi) is 12.3. The molecule has 3 amide bonds. The average molecular weight is 684 g/mol. The first-order valence-electron chi connectivity index (χ1n) is 17.3. The van der Waals surface area contributed by atoms with Gasteiger partial charge in [-0.2, -0.15) is 5.10 Å². The topological polar surface area (TPSA) is 108 Å². The van der Waals surface area contributed by atoms with Crippen molar-refractivity contribution in [2.24, 2.45) is 0 Å². The third-order valence-electron chi connectivity index (χ3n) is 9.05. The Hall–Kier alpha value is -4.47. The molecule has 1 unspecified atom stereocenters. The molecule has 2 N–H and O–H groups in total. The number of aryl methyl sites for hydroxylation is 1. The van der Waals surface area contributed by atoms with Gasteiger partial charge in [0.15, 0.2) is 5.69 Å². The van der Waals surface area contributed by atoms with Gasteiger partial charge in [-0.05, 0) is 85.7 Å². The second kappa shape index (κ2) is 16.8. The summed E-state index contributed by atoms with van der Waals surface area (Å²) in [5, 5.41) is 18.3. The number of nitrogens with zero attached hydrogens (tertiary/aromatic N) is 4. The zero-order chi connectivity index (χ0) is 34.9. The Morgan fingerprint density at radius 2 is 1.65 bits per heavy atom. The van der Waals surface area contributed by atoms with Crippen molar-refractivity contribution < 1.29 is 19.5 Å². The Labute approximate surface area is 293 Å². The fourth-order valence-corrected chi connectivity index (χ4v) is 6.47. The maximum atomic E-state index is 14.6. The molecule has 0 saturated carbocycles. The molecule has 1 atom stereocenters. The highest BCUT2D eigenvalue weighted by Crippen LogP contribution is 2.30. The number of rotatable bonds is 14. The lowest BCUT2D eigenvalue weighted by Gasteiger charge is -2.37. The quantitative estimate of drug-likeness (QED) is 0.149. The van der Waals surface area contributed by atoms with Crippen LogP contribution < -0.4 is 5.32 Å². The van der Waals surface area contributed by atoms with Gasteiger partial charge in [0.1, 0.15) is 0 Å². The van der Waals surface area contributed by atoms with Crippen molar-refractivity contribution in [2.45, 2.75) is 78.3 Å². The van der Waals surface area contributed by atoms with E-state index in [1.165, 1.54) is 0 Å². The standard InChI is InChI=1S/C39H46ClN5O4/c1-4-6-19-43(20-7-5-2)39(49)35-22-27(3)45(42-35)36-17-16-32(41-37(47)23-28-12-14-31(40)15-13-28)25-34(36)38(48)44-26-30-11-9-8-10-29(30)24-33(44)18-21-46/h8-17,22,25,33,46H,4-7,18-21,23-24,26H2,1-3H3,(H,41,47). The van der Waals surface area contributed by atoms with Crippen molar-refractivity contribution in [1.82, 2.24) is 19.6 Å². The van der Waals surface area contributed by atoms with E-state index in [2.05, 4.69) is 25.2 Å². The highest BCUT2D eigenvalue weighted by atomic mass is 35.5. The molecule has 1 aliphatic rings. The maximum Gasteiger partial charge on any atom is 0.274 e. The van der Waals surface area contributed by atoms with Crippen molar-refractivity contribution in [3.8, 4) is 5.69 Å². The Morgan fingerprint density at radius 1 is 0.959 bits per heavy atom. The van der Waals surface area contributed by atoms with Crippen molar-refractivity contribution in [1.29, 1.82) is 0 Å². The summed E-state index contributed by atoms with van der Waals surface area (Å²) in [5.74, 6) is -0.605. The number of carbonyl (C=O) groups is 3. The smallest absolute Gasteiger partial charge is 0.274 e. The van der Waals surface area contributed by atoms with Crippen molar-refractivity contribution in [2.75, 3.05) is 25.0 Å².